The Hall–Kier alpha value is -2.59. The van der Waals surface area contributed by atoms with Crippen LogP contribution in [0.3, 0.4) is 0 Å². The van der Waals surface area contributed by atoms with Crippen LogP contribution in [0.2, 0.25) is 0 Å². The minimum absolute atomic E-state index is 0.182. The van der Waals surface area contributed by atoms with Crippen molar-refractivity contribution >= 4 is 52.2 Å². The second-order valence-corrected chi connectivity index (χ2v) is 7.97. The summed E-state index contributed by atoms with van der Waals surface area (Å²) in [6.45, 7) is 3.38. The topological polar surface area (TPSA) is 96.4 Å². The summed E-state index contributed by atoms with van der Waals surface area (Å²) in [6.07, 6.45) is 0.921. The summed E-state index contributed by atoms with van der Waals surface area (Å²) in [4.78, 5) is 38.2. The molecule has 0 radical (unpaired) electrons. The maximum atomic E-state index is 12.4. The first kappa shape index (κ1) is 22.7. The van der Waals surface area contributed by atoms with E-state index < -0.39 is 24.5 Å². The highest BCUT2D eigenvalue weighted by Crippen LogP contribution is 2.35. The lowest BCUT2D eigenvalue weighted by Crippen LogP contribution is -2.35. The van der Waals surface area contributed by atoms with Gasteiger partial charge in [-0.2, -0.15) is 0 Å². The van der Waals surface area contributed by atoms with E-state index in [2.05, 4.69) is 0 Å². The maximum absolute atomic E-state index is 12.4. The van der Waals surface area contributed by atoms with Gasteiger partial charge in [-0.15, -0.1) is 0 Å². The molecule has 0 bridgehead atoms. The summed E-state index contributed by atoms with van der Waals surface area (Å²) in [6, 6.07) is 5.07. The average molecular weight is 439 g/mol. The number of carboxylic acid groups (broad SMARTS) is 1. The van der Waals surface area contributed by atoms with Gasteiger partial charge in [0.05, 0.1) is 11.5 Å². The van der Waals surface area contributed by atoms with E-state index >= 15 is 0 Å². The first-order chi connectivity index (χ1) is 13.6. The molecule has 8 nitrogen and oxygen atoms in total. The van der Waals surface area contributed by atoms with Gasteiger partial charge in [0.1, 0.15) is 10.9 Å². The van der Waals surface area contributed by atoms with E-state index in [0.717, 1.165) is 16.7 Å². The largest absolute Gasteiger partial charge is 0.490 e. The lowest BCUT2D eigenvalue weighted by atomic mass is 10.1. The molecule has 0 spiro atoms. The number of carboxylic acids is 1. The fourth-order valence-corrected chi connectivity index (χ4v) is 3.76. The van der Waals surface area contributed by atoms with Gasteiger partial charge in [0.25, 0.3) is 11.8 Å². The number of likely N-dealkylation sites (N-methyl/N-ethyl adjacent to an activating group) is 1. The molecule has 1 atom stereocenters. The van der Waals surface area contributed by atoms with Gasteiger partial charge in [0.15, 0.2) is 17.6 Å². The summed E-state index contributed by atoms with van der Waals surface area (Å²) in [7, 11) is 3.30. The second kappa shape index (κ2) is 9.75. The molecule has 1 heterocycles. The molecule has 2 rings (SSSR count). The smallest absolute Gasteiger partial charge is 0.323 e. The molecule has 2 amide bonds. The maximum Gasteiger partial charge on any atom is 0.323 e. The minimum Gasteiger partial charge on any atom is -0.490 e. The number of aliphatic carboxylic acids is 1. The average Bonchev–Trinajstić information content (AvgIpc) is 2.90. The lowest BCUT2D eigenvalue weighted by Gasteiger charge is -2.20. The van der Waals surface area contributed by atoms with E-state index in [1.54, 1.807) is 45.3 Å². The molecule has 1 aliphatic rings. The SMILES string of the molecule is CCOc1cc(/C=C2\SC(=S)N(CC(=O)O)C2=O)ccc1O[C@H](C)C(=O)N(C)C. The summed E-state index contributed by atoms with van der Waals surface area (Å²) in [5.74, 6) is -0.931. The van der Waals surface area contributed by atoms with Gasteiger partial charge in [-0.1, -0.05) is 30.0 Å². The van der Waals surface area contributed by atoms with Crippen LogP contribution in [-0.4, -0.2) is 70.4 Å². The summed E-state index contributed by atoms with van der Waals surface area (Å²) in [5.41, 5.74) is 0.656. The third-order valence-electron chi connectivity index (χ3n) is 3.82. The molecule has 0 saturated carbocycles. The van der Waals surface area contributed by atoms with Crippen molar-refractivity contribution in [1.82, 2.24) is 9.80 Å². The number of carbonyl (C=O) groups excluding carboxylic acids is 2. The fourth-order valence-electron chi connectivity index (χ4n) is 2.51. The number of thioether (sulfide) groups is 1. The van der Waals surface area contributed by atoms with Crippen molar-refractivity contribution < 1.29 is 29.0 Å². The number of rotatable bonds is 8. The van der Waals surface area contributed by atoms with Crippen molar-refractivity contribution in [3.05, 3.63) is 28.7 Å². The molecule has 0 aromatic heterocycles. The van der Waals surface area contributed by atoms with E-state index in [1.807, 2.05) is 6.92 Å². The standard InChI is InChI=1S/C19H22N2O6S2/c1-5-26-14-8-12(6-7-13(14)27-11(2)17(24)20(3)4)9-15-18(25)21(10-16(22)23)19(28)29-15/h6-9,11H,5,10H2,1-4H3,(H,22,23)/b15-9-/t11-/m1/s1. The van der Waals surface area contributed by atoms with E-state index in [1.165, 1.54) is 4.90 Å². The Kier molecular flexibility index (Phi) is 7.63. The third kappa shape index (κ3) is 5.70. The monoisotopic (exact) mass is 438 g/mol. The van der Waals surface area contributed by atoms with Crippen LogP contribution in [0.15, 0.2) is 23.1 Å². The van der Waals surface area contributed by atoms with Gasteiger partial charge in [-0.3, -0.25) is 19.3 Å². The minimum atomic E-state index is -1.14. The number of amides is 2. The van der Waals surface area contributed by atoms with Gasteiger partial charge >= 0.3 is 5.97 Å². The van der Waals surface area contributed by atoms with Crippen molar-refractivity contribution in [2.45, 2.75) is 20.0 Å². The van der Waals surface area contributed by atoms with Crippen LogP contribution in [0, 0.1) is 0 Å². The van der Waals surface area contributed by atoms with Gasteiger partial charge < -0.3 is 19.5 Å². The first-order valence-electron chi connectivity index (χ1n) is 8.75. The van der Waals surface area contributed by atoms with Crippen LogP contribution >= 0.6 is 24.0 Å². The first-order valence-corrected chi connectivity index (χ1v) is 9.98. The zero-order chi connectivity index (χ0) is 21.7. The van der Waals surface area contributed by atoms with Crippen molar-refractivity contribution in [2.24, 2.45) is 0 Å². The highest BCUT2D eigenvalue weighted by atomic mass is 32.2. The van der Waals surface area contributed by atoms with Gasteiger partial charge in [0.2, 0.25) is 0 Å². The summed E-state index contributed by atoms with van der Waals surface area (Å²) in [5, 5.41) is 8.92. The van der Waals surface area contributed by atoms with Crippen LogP contribution in [-0.2, 0) is 14.4 Å². The second-order valence-electron chi connectivity index (χ2n) is 6.29. The molecule has 1 aromatic rings. The van der Waals surface area contributed by atoms with Crippen molar-refractivity contribution in [1.29, 1.82) is 0 Å². The highest BCUT2D eigenvalue weighted by molar-refractivity contribution is 8.26. The Morgan fingerprint density at radius 3 is 2.62 bits per heavy atom. The molecule has 1 N–H and O–H groups in total. The number of nitrogens with zero attached hydrogens (tertiary/aromatic N) is 2. The summed E-state index contributed by atoms with van der Waals surface area (Å²) < 4.78 is 11.6. The Balaban J connectivity index is 2.27. The molecule has 0 aliphatic carbocycles. The number of ether oxygens (including phenoxy) is 2. The van der Waals surface area contributed by atoms with E-state index in [9.17, 15) is 14.4 Å². The number of thiocarbonyl (C=S) groups is 1. The molecule has 1 aliphatic heterocycles. The van der Waals surface area contributed by atoms with E-state index in [4.69, 9.17) is 26.8 Å². The Labute approximate surface area is 178 Å². The number of hydrogen-bond donors (Lipinski definition) is 1. The molecule has 1 fully saturated rings. The number of hydrogen-bond acceptors (Lipinski definition) is 7. The van der Waals surface area contributed by atoms with Crippen molar-refractivity contribution in [2.75, 3.05) is 27.2 Å². The Morgan fingerprint density at radius 2 is 2.03 bits per heavy atom. The van der Waals surface area contributed by atoms with Gasteiger partial charge in [-0.05, 0) is 37.6 Å². The van der Waals surface area contributed by atoms with Crippen molar-refractivity contribution in [3.8, 4) is 11.5 Å². The molecule has 10 heteroatoms. The zero-order valence-corrected chi connectivity index (χ0v) is 18.1. The molecular weight excluding hydrogens is 416 g/mol. The zero-order valence-electron chi connectivity index (χ0n) is 16.5. The summed E-state index contributed by atoms with van der Waals surface area (Å²) >= 11 is 6.14. The molecule has 29 heavy (non-hydrogen) atoms. The highest BCUT2D eigenvalue weighted by Gasteiger charge is 2.33. The van der Waals surface area contributed by atoms with Crippen LogP contribution in [0.25, 0.3) is 6.08 Å². The fraction of sp³-hybridized carbons (Fsp3) is 0.368. The van der Waals surface area contributed by atoms with E-state index in [-0.39, 0.29) is 10.2 Å². The number of carbonyl (C=O) groups is 3. The predicted octanol–water partition coefficient (Wildman–Crippen LogP) is 2.23. The predicted molar refractivity (Wildman–Crippen MR) is 114 cm³/mol. The van der Waals surface area contributed by atoms with Gasteiger partial charge in [0, 0.05) is 14.1 Å². The quantitative estimate of drug-likeness (QED) is 0.488. The molecule has 0 unspecified atom stereocenters. The normalized spacial score (nSPS) is 16.1. The lowest BCUT2D eigenvalue weighted by molar-refractivity contribution is -0.140. The van der Waals surface area contributed by atoms with Crippen molar-refractivity contribution in [3.63, 3.8) is 0 Å². The van der Waals surface area contributed by atoms with Gasteiger partial charge in [-0.25, -0.2) is 0 Å². The molecular formula is C19H22N2O6S2. The van der Waals surface area contributed by atoms with Crippen LogP contribution in [0.5, 0.6) is 11.5 Å². The number of benzene rings is 1. The Bertz CT molecular complexity index is 868. The van der Waals surface area contributed by atoms with E-state index in [0.29, 0.717) is 28.6 Å². The molecule has 1 saturated heterocycles. The third-order valence-corrected chi connectivity index (χ3v) is 5.20. The van der Waals surface area contributed by atoms with Crippen LogP contribution < -0.4 is 9.47 Å². The van der Waals surface area contributed by atoms with Crippen LogP contribution in [0.1, 0.15) is 19.4 Å². The molecule has 156 valence electrons. The Morgan fingerprint density at radius 1 is 1.34 bits per heavy atom. The van der Waals surface area contributed by atoms with Crippen LogP contribution in [0.4, 0.5) is 0 Å². The molecule has 1 aromatic carbocycles.